The number of pyridine rings is 1. The molecule has 0 aliphatic heterocycles. The second-order valence-electron chi connectivity index (χ2n) is 4.74. The molecule has 0 fully saturated rings. The van der Waals surface area contributed by atoms with Crippen molar-refractivity contribution in [3.63, 3.8) is 0 Å². The average Bonchev–Trinajstić information content (AvgIpc) is 2.92. The lowest BCUT2D eigenvalue weighted by Gasteiger charge is -2.05. The number of rotatable bonds is 4. The van der Waals surface area contributed by atoms with Crippen LogP contribution in [0.1, 0.15) is 5.56 Å². The molecule has 5 nitrogen and oxygen atoms in total. The Morgan fingerprint density at radius 1 is 1.41 bits per heavy atom. The number of nitrogens with zero attached hydrogens (tertiary/aromatic N) is 2. The number of amides is 1. The van der Waals surface area contributed by atoms with Gasteiger partial charge < -0.3 is 10.3 Å². The average molecular weight is 316 g/mol. The molecule has 3 aromatic rings. The number of carbonyl (C=O) groups is 1. The minimum atomic E-state index is -0.338. The standard InChI is InChI=1S/C15H13FN4OS/c1-9-2-3-10(6-11(9)16)18-14(21)8-22-15-19-12-4-5-17-7-13(12)20-15/h2-7H,8H2,1H3,(H,18,21)(H,19,20). The van der Waals surface area contributed by atoms with Crippen LogP contribution < -0.4 is 5.32 Å². The normalized spacial score (nSPS) is 10.8. The number of aromatic amines is 1. The Morgan fingerprint density at radius 2 is 2.27 bits per heavy atom. The fraction of sp³-hybridized carbons (Fsp3) is 0.133. The highest BCUT2D eigenvalue weighted by Crippen LogP contribution is 2.19. The Morgan fingerprint density at radius 3 is 3.05 bits per heavy atom. The number of aryl methyl sites for hydroxylation is 1. The highest BCUT2D eigenvalue weighted by atomic mass is 32.2. The molecule has 22 heavy (non-hydrogen) atoms. The molecular weight excluding hydrogens is 303 g/mol. The van der Waals surface area contributed by atoms with Crippen LogP contribution in [0.5, 0.6) is 0 Å². The summed E-state index contributed by atoms with van der Waals surface area (Å²) in [5.74, 6) is -0.370. The molecule has 0 radical (unpaired) electrons. The van der Waals surface area contributed by atoms with E-state index in [9.17, 15) is 9.18 Å². The molecule has 112 valence electrons. The number of hydrogen-bond donors (Lipinski definition) is 2. The molecule has 0 spiro atoms. The zero-order valence-electron chi connectivity index (χ0n) is 11.8. The lowest BCUT2D eigenvalue weighted by atomic mass is 10.2. The van der Waals surface area contributed by atoms with E-state index in [1.54, 1.807) is 37.5 Å². The van der Waals surface area contributed by atoms with Crippen molar-refractivity contribution in [3.05, 3.63) is 48.0 Å². The number of H-pyrrole nitrogens is 1. The Balaban J connectivity index is 1.60. The van der Waals surface area contributed by atoms with Crippen LogP contribution in [0.15, 0.2) is 41.8 Å². The van der Waals surface area contributed by atoms with Crippen molar-refractivity contribution in [3.8, 4) is 0 Å². The van der Waals surface area contributed by atoms with Crippen molar-refractivity contribution in [1.29, 1.82) is 0 Å². The molecule has 0 unspecified atom stereocenters. The van der Waals surface area contributed by atoms with Gasteiger partial charge in [-0.05, 0) is 30.7 Å². The molecule has 2 aromatic heterocycles. The number of nitrogens with one attached hydrogen (secondary N) is 2. The molecule has 0 atom stereocenters. The molecule has 3 rings (SSSR count). The van der Waals surface area contributed by atoms with Crippen molar-refractivity contribution in [2.75, 3.05) is 11.1 Å². The number of hydrogen-bond acceptors (Lipinski definition) is 4. The van der Waals surface area contributed by atoms with Crippen LogP contribution in [-0.4, -0.2) is 26.6 Å². The third-order valence-electron chi connectivity index (χ3n) is 3.06. The largest absolute Gasteiger partial charge is 0.332 e. The number of fused-ring (bicyclic) bond motifs is 1. The first-order chi connectivity index (χ1) is 10.6. The third kappa shape index (κ3) is 3.25. The number of halogens is 1. The van der Waals surface area contributed by atoms with Crippen molar-refractivity contribution in [2.24, 2.45) is 0 Å². The van der Waals surface area contributed by atoms with Crippen LogP contribution in [0.25, 0.3) is 11.0 Å². The second kappa shape index (κ2) is 6.15. The Labute approximate surface area is 130 Å². The zero-order chi connectivity index (χ0) is 15.5. The number of thioether (sulfide) groups is 1. The summed E-state index contributed by atoms with van der Waals surface area (Å²) in [6.07, 6.45) is 3.35. The van der Waals surface area contributed by atoms with Gasteiger partial charge in [0.05, 0.1) is 23.0 Å². The van der Waals surface area contributed by atoms with Gasteiger partial charge in [0, 0.05) is 11.9 Å². The molecule has 0 saturated heterocycles. The number of aromatic nitrogens is 3. The van der Waals surface area contributed by atoms with E-state index < -0.39 is 0 Å². The molecule has 2 heterocycles. The summed E-state index contributed by atoms with van der Waals surface area (Å²) in [6, 6.07) is 6.41. The number of anilines is 1. The molecule has 0 bridgehead atoms. The van der Waals surface area contributed by atoms with Crippen LogP contribution in [-0.2, 0) is 4.79 Å². The van der Waals surface area contributed by atoms with E-state index in [1.807, 2.05) is 0 Å². The lowest BCUT2D eigenvalue weighted by Crippen LogP contribution is -2.14. The topological polar surface area (TPSA) is 70.7 Å². The van der Waals surface area contributed by atoms with Crippen LogP contribution >= 0.6 is 11.8 Å². The molecule has 0 aliphatic rings. The van der Waals surface area contributed by atoms with Crippen LogP contribution in [0.3, 0.4) is 0 Å². The zero-order valence-corrected chi connectivity index (χ0v) is 12.6. The Hall–Kier alpha value is -2.41. The molecule has 1 amide bonds. The van der Waals surface area contributed by atoms with Crippen LogP contribution in [0.4, 0.5) is 10.1 Å². The Bertz CT molecular complexity index is 800. The van der Waals surface area contributed by atoms with E-state index in [0.29, 0.717) is 16.4 Å². The van der Waals surface area contributed by atoms with Gasteiger partial charge in [0.1, 0.15) is 5.82 Å². The monoisotopic (exact) mass is 316 g/mol. The number of carbonyl (C=O) groups excluding carboxylic acids is 1. The number of imidazole rings is 1. The van der Waals surface area contributed by atoms with Gasteiger partial charge in [-0.2, -0.15) is 0 Å². The molecule has 7 heteroatoms. The number of benzene rings is 1. The van der Waals surface area contributed by atoms with Crippen molar-refractivity contribution in [2.45, 2.75) is 12.1 Å². The summed E-state index contributed by atoms with van der Waals surface area (Å²) < 4.78 is 13.4. The van der Waals surface area contributed by atoms with Gasteiger partial charge in [-0.1, -0.05) is 17.8 Å². The van der Waals surface area contributed by atoms with Gasteiger partial charge in [-0.3, -0.25) is 9.78 Å². The minimum Gasteiger partial charge on any atom is -0.332 e. The quantitative estimate of drug-likeness (QED) is 0.726. The van der Waals surface area contributed by atoms with Crippen molar-refractivity contribution < 1.29 is 9.18 Å². The van der Waals surface area contributed by atoms with Gasteiger partial charge in [0.15, 0.2) is 5.16 Å². The minimum absolute atomic E-state index is 0.183. The SMILES string of the molecule is Cc1ccc(NC(=O)CSc2nc3ccncc3[nH]2)cc1F. The van der Waals surface area contributed by atoms with Gasteiger partial charge >= 0.3 is 0 Å². The van der Waals surface area contributed by atoms with Crippen molar-refractivity contribution >= 4 is 34.4 Å². The lowest BCUT2D eigenvalue weighted by molar-refractivity contribution is -0.113. The summed E-state index contributed by atoms with van der Waals surface area (Å²) in [6.45, 7) is 1.67. The molecule has 0 saturated carbocycles. The van der Waals surface area contributed by atoms with E-state index in [0.717, 1.165) is 11.0 Å². The highest BCUT2D eigenvalue weighted by molar-refractivity contribution is 7.99. The van der Waals surface area contributed by atoms with E-state index in [4.69, 9.17) is 0 Å². The third-order valence-corrected chi connectivity index (χ3v) is 3.93. The molecule has 2 N–H and O–H groups in total. The molecule has 0 aliphatic carbocycles. The second-order valence-corrected chi connectivity index (χ2v) is 5.70. The first kappa shape index (κ1) is 14.5. The summed E-state index contributed by atoms with van der Waals surface area (Å²) in [5, 5.41) is 3.31. The van der Waals surface area contributed by atoms with E-state index in [2.05, 4.69) is 20.3 Å². The van der Waals surface area contributed by atoms with Gasteiger partial charge in [0.25, 0.3) is 0 Å². The maximum absolute atomic E-state index is 13.4. The van der Waals surface area contributed by atoms with E-state index in [1.165, 1.54) is 17.8 Å². The van der Waals surface area contributed by atoms with Gasteiger partial charge in [-0.25, -0.2) is 9.37 Å². The fourth-order valence-electron chi connectivity index (χ4n) is 1.90. The smallest absolute Gasteiger partial charge is 0.234 e. The fourth-order valence-corrected chi connectivity index (χ4v) is 2.59. The predicted molar refractivity (Wildman–Crippen MR) is 84.4 cm³/mol. The maximum atomic E-state index is 13.4. The van der Waals surface area contributed by atoms with Gasteiger partial charge in [-0.15, -0.1) is 0 Å². The Kier molecular flexibility index (Phi) is 4.06. The first-order valence-electron chi connectivity index (χ1n) is 6.60. The van der Waals surface area contributed by atoms with Gasteiger partial charge in [0.2, 0.25) is 5.91 Å². The predicted octanol–water partition coefficient (Wildman–Crippen LogP) is 3.14. The summed E-state index contributed by atoms with van der Waals surface area (Å²) in [5.41, 5.74) is 2.62. The highest BCUT2D eigenvalue weighted by Gasteiger charge is 2.08. The first-order valence-corrected chi connectivity index (χ1v) is 7.59. The van der Waals surface area contributed by atoms with Crippen LogP contribution in [0, 0.1) is 12.7 Å². The van der Waals surface area contributed by atoms with Crippen molar-refractivity contribution in [1.82, 2.24) is 15.0 Å². The summed E-state index contributed by atoms with van der Waals surface area (Å²) >= 11 is 1.28. The molecular formula is C15H13FN4OS. The summed E-state index contributed by atoms with van der Waals surface area (Å²) in [4.78, 5) is 23.3. The van der Waals surface area contributed by atoms with E-state index >= 15 is 0 Å². The summed E-state index contributed by atoms with van der Waals surface area (Å²) in [7, 11) is 0. The van der Waals surface area contributed by atoms with E-state index in [-0.39, 0.29) is 17.5 Å². The maximum Gasteiger partial charge on any atom is 0.234 e. The molecule has 1 aromatic carbocycles. The van der Waals surface area contributed by atoms with Crippen LogP contribution in [0.2, 0.25) is 0 Å².